The Balaban J connectivity index is 1.54. The highest BCUT2D eigenvalue weighted by Gasteiger charge is 2.22. The van der Waals surface area contributed by atoms with Crippen LogP contribution < -0.4 is 10.2 Å². The number of hydrogen-bond donors (Lipinski definition) is 1. The van der Waals surface area contributed by atoms with Crippen molar-refractivity contribution in [3.05, 3.63) is 46.4 Å². The van der Waals surface area contributed by atoms with E-state index in [1.165, 1.54) is 0 Å². The monoisotopic (exact) mass is 373 g/mol. The lowest BCUT2D eigenvalue weighted by Gasteiger charge is -2.35. The van der Waals surface area contributed by atoms with Gasteiger partial charge in [-0.2, -0.15) is 0 Å². The lowest BCUT2D eigenvalue weighted by molar-refractivity contribution is -0.117. The van der Waals surface area contributed by atoms with Crippen LogP contribution in [0.15, 0.2) is 24.3 Å². The molecule has 7 heteroatoms. The van der Waals surface area contributed by atoms with Crippen molar-refractivity contribution in [3.63, 3.8) is 0 Å². The predicted octanol–water partition coefficient (Wildman–Crippen LogP) is 2.82. The lowest BCUT2D eigenvalue weighted by Crippen LogP contribution is -2.49. The Morgan fingerprint density at radius 1 is 1.08 bits per heavy atom. The van der Waals surface area contributed by atoms with Crippen LogP contribution in [0.5, 0.6) is 0 Å². The number of nitrogens with one attached hydrogen (secondary N) is 1. The van der Waals surface area contributed by atoms with Gasteiger partial charge >= 0.3 is 0 Å². The van der Waals surface area contributed by atoms with E-state index in [4.69, 9.17) is 11.6 Å². The normalized spacial score (nSPS) is 15.2. The molecule has 3 rings (SSSR count). The average molecular weight is 374 g/mol. The summed E-state index contributed by atoms with van der Waals surface area (Å²) in [6.45, 7) is 9.76. The summed E-state index contributed by atoms with van der Waals surface area (Å²) in [4.78, 5) is 25.7. The molecule has 138 valence electrons. The van der Waals surface area contributed by atoms with E-state index in [1.54, 1.807) is 24.3 Å². The fourth-order valence-corrected chi connectivity index (χ4v) is 3.24. The number of rotatable bonds is 4. The van der Waals surface area contributed by atoms with E-state index in [0.717, 1.165) is 54.8 Å². The van der Waals surface area contributed by atoms with Crippen LogP contribution in [0.1, 0.15) is 17.1 Å². The van der Waals surface area contributed by atoms with Crippen LogP contribution in [0.25, 0.3) is 0 Å². The van der Waals surface area contributed by atoms with E-state index >= 15 is 0 Å². The molecule has 1 amide bonds. The van der Waals surface area contributed by atoms with Gasteiger partial charge in [0.1, 0.15) is 11.6 Å². The highest BCUT2D eigenvalue weighted by molar-refractivity contribution is 6.30. The zero-order valence-electron chi connectivity index (χ0n) is 15.4. The minimum atomic E-state index is -0.00863. The number of aryl methyl sites for hydroxylation is 2. The van der Waals surface area contributed by atoms with Gasteiger partial charge in [-0.15, -0.1) is 0 Å². The molecular formula is C19H24ClN5O. The van der Waals surface area contributed by atoms with Crippen molar-refractivity contribution < 1.29 is 4.79 Å². The molecule has 1 saturated heterocycles. The van der Waals surface area contributed by atoms with Crippen LogP contribution in [0.2, 0.25) is 5.02 Å². The largest absolute Gasteiger partial charge is 0.354 e. The van der Waals surface area contributed by atoms with E-state index in [0.29, 0.717) is 11.6 Å². The standard InChI is InChI=1S/C19H24ClN5O/c1-13-14(2)21-15(3)22-19(13)25-10-8-24(9-11-25)12-18(26)23-17-6-4-16(20)5-7-17/h4-7H,8-12H2,1-3H3,(H,23,26). The van der Waals surface area contributed by atoms with Gasteiger partial charge in [-0.05, 0) is 45.0 Å². The molecule has 1 aliphatic rings. The Morgan fingerprint density at radius 3 is 2.38 bits per heavy atom. The maximum atomic E-state index is 12.2. The van der Waals surface area contributed by atoms with Crippen molar-refractivity contribution >= 4 is 29.0 Å². The molecule has 0 bridgehead atoms. The van der Waals surface area contributed by atoms with Crippen LogP contribution in [0.4, 0.5) is 11.5 Å². The summed E-state index contributed by atoms with van der Waals surface area (Å²) in [5.74, 6) is 1.80. The first kappa shape index (κ1) is 18.6. The van der Waals surface area contributed by atoms with E-state index < -0.39 is 0 Å². The van der Waals surface area contributed by atoms with E-state index in [-0.39, 0.29) is 5.91 Å². The fourth-order valence-electron chi connectivity index (χ4n) is 3.11. The topological polar surface area (TPSA) is 61.4 Å². The zero-order valence-corrected chi connectivity index (χ0v) is 16.2. The number of piperazine rings is 1. The molecule has 2 aromatic rings. The van der Waals surface area contributed by atoms with E-state index in [1.807, 2.05) is 13.8 Å². The maximum absolute atomic E-state index is 12.2. The van der Waals surface area contributed by atoms with Gasteiger partial charge in [-0.1, -0.05) is 11.6 Å². The summed E-state index contributed by atoms with van der Waals surface area (Å²) in [5, 5.41) is 3.57. The molecule has 0 saturated carbocycles. The first-order chi connectivity index (χ1) is 12.4. The summed E-state index contributed by atoms with van der Waals surface area (Å²) in [6, 6.07) is 7.15. The SMILES string of the molecule is Cc1nc(C)c(C)c(N2CCN(CC(=O)Nc3ccc(Cl)cc3)CC2)n1. The summed E-state index contributed by atoms with van der Waals surface area (Å²) in [7, 11) is 0. The fraction of sp³-hybridized carbons (Fsp3) is 0.421. The van der Waals surface area contributed by atoms with Gasteiger partial charge in [0.25, 0.3) is 0 Å². The second kappa shape index (κ2) is 8.01. The van der Waals surface area contributed by atoms with Crippen molar-refractivity contribution in [2.24, 2.45) is 0 Å². The third kappa shape index (κ3) is 4.51. The van der Waals surface area contributed by atoms with E-state index in [9.17, 15) is 4.79 Å². The third-order valence-electron chi connectivity index (χ3n) is 4.64. The molecule has 0 spiro atoms. The quantitative estimate of drug-likeness (QED) is 0.892. The third-order valence-corrected chi connectivity index (χ3v) is 4.89. The number of carbonyl (C=O) groups is 1. The summed E-state index contributed by atoms with van der Waals surface area (Å²) in [6.07, 6.45) is 0. The van der Waals surface area contributed by atoms with Crippen LogP contribution in [-0.2, 0) is 4.79 Å². The van der Waals surface area contributed by atoms with Gasteiger partial charge in [-0.25, -0.2) is 9.97 Å². The lowest BCUT2D eigenvalue weighted by atomic mass is 10.2. The van der Waals surface area contributed by atoms with E-state index in [2.05, 4.69) is 32.0 Å². The molecule has 0 unspecified atom stereocenters. The molecule has 1 N–H and O–H groups in total. The Morgan fingerprint density at radius 2 is 1.73 bits per heavy atom. The average Bonchev–Trinajstić information content (AvgIpc) is 2.61. The highest BCUT2D eigenvalue weighted by atomic mass is 35.5. The number of hydrogen-bond acceptors (Lipinski definition) is 5. The molecule has 26 heavy (non-hydrogen) atoms. The van der Waals surface area contributed by atoms with Gasteiger partial charge in [0.2, 0.25) is 5.91 Å². The number of halogens is 1. The summed E-state index contributed by atoms with van der Waals surface area (Å²) < 4.78 is 0. The molecule has 1 fully saturated rings. The van der Waals surface area contributed by atoms with Gasteiger partial charge < -0.3 is 10.2 Å². The number of benzene rings is 1. The number of anilines is 2. The zero-order chi connectivity index (χ0) is 18.7. The minimum Gasteiger partial charge on any atom is -0.354 e. The second-order valence-electron chi connectivity index (χ2n) is 6.62. The van der Waals surface area contributed by atoms with Crippen molar-refractivity contribution in [1.82, 2.24) is 14.9 Å². The van der Waals surface area contributed by atoms with Crippen LogP contribution in [0, 0.1) is 20.8 Å². The first-order valence-electron chi connectivity index (χ1n) is 8.77. The second-order valence-corrected chi connectivity index (χ2v) is 7.06. The Bertz CT molecular complexity index is 785. The molecule has 6 nitrogen and oxygen atoms in total. The minimum absolute atomic E-state index is 0.00863. The molecule has 0 atom stereocenters. The number of nitrogens with zero attached hydrogens (tertiary/aromatic N) is 4. The predicted molar refractivity (Wildman–Crippen MR) is 105 cm³/mol. The van der Waals surface area contributed by atoms with Crippen molar-refractivity contribution in [2.75, 3.05) is 42.9 Å². The number of amides is 1. The first-order valence-corrected chi connectivity index (χ1v) is 9.15. The van der Waals surface area contributed by atoms with Crippen LogP contribution in [-0.4, -0.2) is 53.5 Å². The Labute approximate surface area is 159 Å². The van der Waals surface area contributed by atoms with Crippen molar-refractivity contribution in [2.45, 2.75) is 20.8 Å². The van der Waals surface area contributed by atoms with Crippen LogP contribution >= 0.6 is 11.6 Å². The summed E-state index contributed by atoms with van der Waals surface area (Å²) in [5.41, 5.74) is 2.92. The molecule has 0 aliphatic carbocycles. The Hall–Kier alpha value is -2.18. The summed E-state index contributed by atoms with van der Waals surface area (Å²) >= 11 is 5.86. The van der Waals surface area contributed by atoms with Crippen LogP contribution in [0.3, 0.4) is 0 Å². The van der Waals surface area contributed by atoms with Gasteiger partial charge in [-0.3, -0.25) is 9.69 Å². The van der Waals surface area contributed by atoms with Gasteiger partial charge in [0, 0.05) is 48.1 Å². The van der Waals surface area contributed by atoms with Gasteiger partial charge in [0.15, 0.2) is 0 Å². The molecule has 1 aromatic carbocycles. The highest BCUT2D eigenvalue weighted by Crippen LogP contribution is 2.21. The maximum Gasteiger partial charge on any atom is 0.238 e. The van der Waals surface area contributed by atoms with Gasteiger partial charge in [0.05, 0.1) is 6.54 Å². The molecular weight excluding hydrogens is 350 g/mol. The number of aromatic nitrogens is 2. The van der Waals surface area contributed by atoms with Crippen molar-refractivity contribution in [1.29, 1.82) is 0 Å². The van der Waals surface area contributed by atoms with Crippen molar-refractivity contribution in [3.8, 4) is 0 Å². The smallest absolute Gasteiger partial charge is 0.238 e. The molecule has 1 aromatic heterocycles. The molecule has 1 aliphatic heterocycles. The molecule has 0 radical (unpaired) electrons. The Kier molecular flexibility index (Phi) is 5.74. The number of carbonyl (C=O) groups excluding carboxylic acids is 1. The molecule has 2 heterocycles.